The Hall–Kier alpha value is -2.37. The maximum atomic E-state index is 5.36. The van der Waals surface area contributed by atoms with Crippen LogP contribution in [-0.2, 0) is 6.54 Å². The molecular weight excluding hydrogens is 254 g/mol. The highest BCUT2D eigenvalue weighted by Gasteiger charge is 2.10. The molecule has 20 heavy (non-hydrogen) atoms. The molecular formula is C14H19N5O. The predicted molar refractivity (Wildman–Crippen MR) is 79.1 cm³/mol. The van der Waals surface area contributed by atoms with Gasteiger partial charge in [-0.15, -0.1) is 0 Å². The standard InChI is InChI=1S/C14H19N5O/c1-4-20-14-17-12(15-2)16-13(18-14)19(3)10-11-8-6-5-7-9-11/h5-9H,4,10H2,1-3H3,(H,15,16,17,18). The second kappa shape index (κ2) is 6.70. The number of rotatable bonds is 6. The molecule has 0 bridgehead atoms. The van der Waals surface area contributed by atoms with Gasteiger partial charge < -0.3 is 15.0 Å². The van der Waals surface area contributed by atoms with E-state index in [9.17, 15) is 0 Å². The summed E-state index contributed by atoms with van der Waals surface area (Å²) in [4.78, 5) is 14.8. The minimum Gasteiger partial charge on any atom is -0.464 e. The van der Waals surface area contributed by atoms with Gasteiger partial charge in [0.25, 0.3) is 0 Å². The highest BCUT2D eigenvalue weighted by Crippen LogP contribution is 2.15. The SMILES string of the molecule is CCOc1nc(NC)nc(N(C)Cc2ccccc2)n1. The van der Waals surface area contributed by atoms with Gasteiger partial charge in [-0.2, -0.15) is 15.0 Å². The van der Waals surface area contributed by atoms with Crippen molar-refractivity contribution in [2.24, 2.45) is 0 Å². The Kier molecular flexibility index (Phi) is 4.70. The maximum Gasteiger partial charge on any atom is 0.323 e. The van der Waals surface area contributed by atoms with Gasteiger partial charge in [-0.3, -0.25) is 0 Å². The van der Waals surface area contributed by atoms with E-state index in [1.165, 1.54) is 5.56 Å². The topological polar surface area (TPSA) is 63.2 Å². The molecule has 0 saturated carbocycles. The number of hydrogen-bond donors (Lipinski definition) is 1. The van der Waals surface area contributed by atoms with E-state index in [0.717, 1.165) is 6.54 Å². The van der Waals surface area contributed by atoms with E-state index in [4.69, 9.17) is 4.74 Å². The van der Waals surface area contributed by atoms with Crippen LogP contribution in [0.3, 0.4) is 0 Å². The zero-order valence-electron chi connectivity index (χ0n) is 12.0. The number of benzene rings is 1. The van der Waals surface area contributed by atoms with Gasteiger partial charge in [0.15, 0.2) is 0 Å². The van der Waals surface area contributed by atoms with Crippen molar-refractivity contribution < 1.29 is 4.74 Å². The molecule has 0 amide bonds. The van der Waals surface area contributed by atoms with Crippen molar-refractivity contribution in [3.63, 3.8) is 0 Å². The van der Waals surface area contributed by atoms with Crippen LogP contribution in [0.25, 0.3) is 0 Å². The smallest absolute Gasteiger partial charge is 0.323 e. The van der Waals surface area contributed by atoms with Crippen molar-refractivity contribution in [3.05, 3.63) is 35.9 Å². The summed E-state index contributed by atoms with van der Waals surface area (Å²) in [6, 6.07) is 10.5. The minimum absolute atomic E-state index is 0.335. The third kappa shape index (κ3) is 3.57. The van der Waals surface area contributed by atoms with Crippen molar-refractivity contribution in [2.45, 2.75) is 13.5 Å². The summed E-state index contributed by atoms with van der Waals surface area (Å²) >= 11 is 0. The number of nitrogens with one attached hydrogen (secondary N) is 1. The van der Waals surface area contributed by atoms with E-state index < -0.39 is 0 Å². The fourth-order valence-corrected chi connectivity index (χ4v) is 1.75. The molecule has 0 unspecified atom stereocenters. The third-order valence-electron chi connectivity index (χ3n) is 2.70. The van der Waals surface area contributed by atoms with Crippen LogP contribution in [0.1, 0.15) is 12.5 Å². The predicted octanol–water partition coefficient (Wildman–Crippen LogP) is 1.95. The van der Waals surface area contributed by atoms with E-state index in [0.29, 0.717) is 24.5 Å². The second-order valence-electron chi connectivity index (χ2n) is 4.27. The molecule has 0 radical (unpaired) electrons. The first kappa shape index (κ1) is 14.0. The lowest BCUT2D eigenvalue weighted by Crippen LogP contribution is -2.20. The Morgan fingerprint density at radius 3 is 2.55 bits per heavy atom. The lowest BCUT2D eigenvalue weighted by molar-refractivity contribution is 0.312. The molecule has 1 N–H and O–H groups in total. The highest BCUT2D eigenvalue weighted by atomic mass is 16.5. The van der Waals surface area contributed by atoms with Crippen LogP contribution < -0.4 is 15.0 Å². The summed E-state index contributed by atoms with van der Waals surface area (Å²) in [6.45, 7) is 3.14. The number of aromatic nitrogens is 3. The first-order valence-corrected chi connectivity index (χ1v) is 6.54. The number of ether oxygens (including phenoxy) is 1. The normalized spacial score (nSPS) is 10.2. The molecule has 1 heterocycles. The average molecular weight is 273 g/mol. The Bertz CT molecular complexity index is 547. The summed E-state index contributed by atoms with van der Waals surface area (Å²) in [5.41, 5.74) is 1.19. The number of anilines is 2. The minimum atomic E-state index is 0.335. The fourth-order valence-electron chi connectivity index (χ4n) is 1.75. The van der Waals surface area contributed by atoms with Gasteiger partial charge in [-0.25, -0.2) is 0 Å². The molecule has 0 aliphatic carbocycles. The Labute approximate surface area is 118 Å². The second-order valence-corrected chi connectivity index (χ2v) is 4.27. The summed E-state index contributed by atoms with van der Waals surface area (Å²) in [5, 5.41) is 2.92. The average Bonchev–Trinajstić information content (AvgIpc) is 2.48. The monoisotopic (exact) mass is 273 g/mol. The number of hydrogen-bond acceptors (Lipinski definition) is 6. The van der Waals surface area contributed by atoms with E-state index >= 15 is 0 Å². The van der Waals surface area contributed by atoms with Crippen molar-refractivity contribution in [2.75, 3.05) is 30.9 Å². The van der Waals surface area contributed by atoms with Gasteiger partial charge >= 0.3 is 6.01 Å². The molecule has 6 nitrogen and oxygen atoms in total. The van der Waals surface area contributed by atoms with Gasteiger partial charge in [0.1, 0.15) is 0 Å². The van der Waals surface area contributed by atoms with Crippen LogP contribution >= 0.6 is 0 Å². The quantitative estimate of drug-likeness (QED) is 0.868. The zero-order valence-corrected chi connectivity index (χ0v) is 12.0. The van der Waals surface area contributed by atoms with Crippen LogP contribution in [-0.4, -0.2) is 35.7 Å². The van der Waals surface area contributed by atoms with Crippen LogP contribution in [0.15, 0.2) is 30.3 Å². The van der Waals surface area contributed by atoms with E-state index in [2.05, 4.69) is 32.4 Å². The van der Waals surface area contributed by atoms with Gasteiger partial charge in [0.05, 0.1) is 6.61 Å². The first-order valence-electron chi connectivity index (χ1n) is 6.54. The zero-order chi connectivity index (χ0) is 14.4. The molecule has 0 aliphatic rings. The molecule has 1 aromatic heterocycles. The Balaban J connectivity index is 2.19. The maximum absolute atomic E-state index is 5.36. The molecule has 0 aliphatic heterocycles. The molecule has 2 rings (SSSR count). The molecule has 2 aromatic rings. The van der Waals surface area contributed by atoms with E-state index in [-0.39, 0.29) is 0 Å². The highest BCUT2D eigenvalue weighted by molar-refractivity contribution is 5.38. The van der Waals surface area contributed by atoms with Crippen molar-refractivity contribution in [3.8, 4) is 6.01 Å². The summed E-state index contributed by atoms with van der Waals surface area (Å²) in [7, 11) is 3.71. The molecule has 106 valence electrons. The molecule has 0 atom stereocenters. The lowest BCUT2D eigenvalue weighted by atomic mass is 10.2. The van der Waals surface area contributed by atoms with Crippen molar-refractivity contribution >= 4 is 11.9 Å². The third-order valence-corrected chi connectivity index (χ3v) is 2.70. The first-order chi connectivity index (χ1) is 9.72. The van der Waals surface area contributed by atoms with Gasteiger partial charge in [0.2, 0.25) is 11.9 Å². The largest absolute Gasteiger partial charge is 0.464 e. The molecule has 0 spiro atoms. The Morgan fingerprint density at radius 1 is 1.15 bits per heavy atom. The fraction of sp³-hybridized carbons (Fsp3) is 0.357. The van der Waals surface area contributed by atoms with Crippen molar-refractivity contribution in [1.82, 2.24) is 15.0 Å². The van der Waals surface area contributed by atoms with Crippen LogP contribution in [0.4, 0.5) is 11.9 Å². The summed E-state index contributed by atoms with van der Waals surface area (Å²) in [6.07, 6.45) is 0. The Morgan fingerprint density at radius 2 is 1.90 bits per heavy atom. The molecule has 6 heteroatoms. The van der Waals surface area contributed by atoms with Gasteiger partial charge in [-0.05, 0) is 12.5 Å². The van der Waals surface area contributed by atoms with E-state index in [1.54, 1.807) is 7.05 Å². The summed E-state index contributed by atoms with van der Waals surface area (Å²) < 4.78 is 5.36. The van der Waals surface area contributed by atoms with E-state index in [1.807, 2.05) is 37.1 Å². The van der Waals surface area contributed by atoms with Crippen LogP contribution in [0.5, 0.6) is 6.01 Å². The van der Waals surface area contributed by atoms with Crippen molar-refractivity contribution in [1.29, 1.82) is 0 Å². The summed E-state index contributed by atoms with van der Waals surface area (Å²) in [5.74, 6) is 1.08. The number of nitrogens with zero attached hydrogens (tertiary/aromatic N) is 4. The molecule has 1 aromatic carbocycles. The molecule has 0 saturated heterocycles. The van der Waals surface area contributed by atoms with Crippen LogP contribution in [0.2, 0.25) is 0 Å². The van der Waals surface area contributed by atoms with Crippen LogP contribution in [0, 0.1) is 0 Å². The molecule has 0 fully saturated rings. The van der Waals surface area contributed by atoms with Gasteiger partial charge in [0, 0.05) is 20.6 Å². The lowest BCUT2D eigenvalue weighted by Gasteiger charge is -2.18. The van der Waals surface area contributed by atoms with Gasteiger partial charge in [-0.1, -0.05) is 30.3 Å².